The predicted molar refractivity (Wildman–Crippen MR) is 109 cm³/mol. The zero-order chi connectivity index (χ0) is 21.5. The van der Waals surface area contributed by atoms with Crippen molar-refractivity contribution in [3.8, 4) is 0 Å². The van der Waals surface area contributed by atoms with Gasteiger partial charge in [-0.25, -0.2) is 4.79 Å². The summed E-state index contributed by atoms with van der Waals surface area (Å²) in [6, 6.07) is 6.35. The van der Waals surface area contributed by atoms with Crippen molar-refractivity contribution in [2.75, 3.05) is 11.9 Å². The SMILES string of the molecule is CC(C)OC(=O)c1ccc(NC(=O)COC(=O)C23C[C@@H]4C[C@@H](CC(O)(C4)C2)C3)cc1. The Bertz CT molecular complexity index is 832. The summed E-state index contributed by atoms with van der Waals surface area (Å²) in [4.78, 5) is 36.9. The summed E-state index contributed by atoms with van der Waals surface area (Å²) in [5, 5.41) is 13.4. The number of amides is 1. The van der Waals surface area contributed by atoms with Crippen LogP contribution in [0.4, 0.5) is 5.69 Å². The van der Waals surface area contributed by atoms with Crippen molar-refractivity contribution in [3.05, 3.63) is 29.8 Å². The Hall–Kier alpha value is -2.41. The normalized spacial score (nSPS) is 31.5. The first kappa shape index (κ1) is 20.8. The largest absolute Gasteiger partial charge is 0.459 e. The van der Waals surface area contributed by atoms with E-state index in [2.05, 4.69) is 5.32 Å². The number of anilines is 1. The van der Waals surface area contributed by atoms with E-state index >= 15 is 0 Å². The first-order chi connectivity index (χ1) is 14.2. The van der Waals surface area contributed by atoms with E-state index in [4.69, 9.17) is 9.47 Å². The van der Waals surface area contributed by atoms with E-state index in [0.717, 1.165) is 32.1 Å². The molecule has 1 aromatic rings. The molecule has 162 valence electrons. The first-order valence-electron chi connectivity index (χ1n) is 10.7. The summed E-state index contributed by atoms with van der Waals surface area (Å²) in [6.45, 7) is 3.18. The van der Waals surface area contributed by atoms with Gasteiger partial charge in [-0.05, 0) is 88.5 Å². The van der Waals surface area contributed by atoms with Gasteiger partial charge in [0.05, 0.1) is 22.7 Å². The van der Waals surface area contributed by atoms with Crippen molar-refractivity contribution < 1.29 is 29.0 Å². The van der Waals surface area contributed by atoms with Crippen molar-refractivity contribution in [1.29, 1.82) is 0 Å². The minimum atomic E-state index is -0.746. The van der Waals surface area contributed by atoms with Gasteiger partial charge in [-0.15, -0.1) is 0 Å². The zero-order valence-corrected chi connectivity index (χ0v) is 17.5. The minimum Gasteiger partial charge on any atom is -0.459 e. The molecule has 0 saturated heterocycles. The number of ether oxygens (including phenoxy) is 2. The third kappa shape index (κ3) is 4.21. The van der Waals surface area contributed by atoms with Crippen LogP contribution in [0.2, 0.25) is 0 Å². The second kappa shape index (κ2) is 7.69. The van der Waals surface area contributed by atoms with Crippen LogP contribution in [0.15, 0.2) is 24.3 Å². The van der Waals surface area contributed by atoms with Crippen LogP contribution < -0.4 is 5.32 Å². The summed E-state index contributed by atoms with van der Waals surface area (Å²) in [7, 11) is 0. The standard InChI is InChI=1S/C23H29NO6/c1-14(2)30-20(26)17-3-5-18(6-4-17)24-19(25)12-29-21(27)22-8-15-7-16(9-22)11-23(28,10-15)13-22/h3-6,14-16,28H,7-13H2,1-2H3,(H,24,25)/t15-,16+,22?,23?. The number of aliphatic hydroxyl groups is 1. The van der Waals surface area contributed by atoms with Crippen LogP contribution in [-0.2, 0) is 19.1 Å². The molecule has 2 unspecified atom stereocenters. The molecular formula is C23H29NO6. The number of esters is 2. The number of rotatable bonds is 6. The molecule has 1 amide bonds. The number of benzene rings is 1. The van der Waals surface area contributed by atoms with Crippen molar-refractivity contribution in [1.82, 2.24) is 0 Å². The molecule has 0 aromatic heterocycles. The molecule has 5 rings (SSSR count). The molecule has 0 aliphatic heterocycles. The second-order valence-electron chi connectivity index (χ2n) is 9.62. The van der Waals surface area contributed by atoms with Gasteiger partial charge in [0.15, 0.2) is 6.61 Å². The molecule has 2 N–H and O–H groups in total. The van der Waals surface area contributed by atoms with E-state index in [-0.39, 0.29) is 18.7 Å². The summed E-state index contributed by atoms with van der Waals surface area (Å²) >= 11 is 0. The molecule has 4 atom stereocenters. The van der Waals surface area contributed by atoms with Crippen molar-refractivity contribution in [3.63, 3.8) is 0 Å². The number of carbonyl (C=O) groups is 3. The van der Waals surface area contributed by atoms with E-state index in [0.29, 0.717) is 29.5 Å². The third-order valence-electron chi connectivity index (χ3n) is 6.54. The molecule has 4 aliphatic rings. The van der Waals surface area contributed by atoms with Crippen molar-refractivity contribution in [2.24, 2.45) is 17.3 Å². The van der Waals surface area contributed by atoms with Gasteiger partial charge in [0.1, 0.15) is 0 Å². The van der Waals surface area contributed by atoms with Crippen LogP contribution in [0, 0.1) is 17.3 Å². The Balaban J connectivity index is 1.30. The van der Waals surface area contributed by atoms with E-state index in [1.165, 1.54) is 0 Å². The fourth-order valence-electron chi connectivity index (χ4n) is 5.91. The van der Waals surface area contributed by atoms with Gasteiger partial charge >= 0.3 is 11.9 Å². The van der Waals surface area contributed by atoms with E-state index in [1.54, 1.807) is 38.1 Å². The summed E-state index contributed by atoms with van der Waals surface area (Å²) in [6.07, 6.45) is 4.38. The lowest BCUT2D eigenvalue weighted by Crippen LogP contribution is -2.58. The molecule has 4 fully saturated rings. The second-order valence-corrected chi connectivity index (χ2v) is 9.62. The van der Waals surface area contributed by atoms with Crippen LogP contribution in [0.5, 0.6) is 0 Å². The average molecular weight is 415 g/mol. The lowest BCUT2D eigenvalue weighted by molar-refractivity contribution is -0.196. The quantitative estimate of drug-likeness (QED) is 0.693. The molecule has 7 nitrogen and oxygen atoms in total. The molecule has 0 spiro atoms. The minimum absolute atomic E-state index is 0.207. The fraction of sp³-hybridized carbons (Fsp3) is 0.609. The Morgan fingerprint density at radius 2 is 1.73 bits per heavy atom. The Kier molecular flexibility index (Phi) is 5.34. The Labute approximate surface area is 176 Å². The number of hydrogen-bond acceptors (Lipinski definition) is 6. The van der Waals surface area contributed by atoms with Crippen LogP contribution >= 0.6 is 0 Å². The molecule has 1 aromatic carbocycles. The number of carbonyl (C=O) groups excluding carboxylic acids is 3. The summed E-state index contributed by atoms with van der Waals surface area (Å²) in [5.41, 5.74) is -0.490. The lowest BCUT2D eigenvalue weighted by Gasteiger charge is -2.58. The van der Waals surface area contributed by atoms with Gasteiger partial charge in [0.2, 0.25) is 0 Å². The van der Waals surface area contributed by atoms with Crippen molar-refractivity contribution >= 4 is 23.5 Å². The van der Waals surface area contributed by atoms with E-state index in [9.17, 15) is 19.5 Å². The van der Waals surface area contributed by atoms with Gasteiger partial charge in [-0.2, -0.15) is 0 Å². The molecule has 4 aliphatic carbocycles. The highest BCUT2D eigenvalue weighted by atomic mass is 16.5. The molecule has 4 bridgehead atoms. The highest BCUT2D eigenvalue weighted by molar-refractivity contribution is 5.94. The van der Waals surface area contributed by atoms with Crippen molar-refractivity contribution in [2.45, 2.75) is 64.1 Å². The maximum atomic E-state index is 12.8. The van der Waals surface area contributed by atoms with E-state index < -0.39 is 22.9 Å². The molecule has 30 heavy (non-hydrogen) atoms. The first-order valence-corrected chi connectivity index (χ1v) is 10.7. The van der Waals surface area contributed by atoms with Crippen LogP contribution in [0.25, 0.3) is 0 Å². The zero-order valence-electron chi connectivity index (χ0n) is 17.5. The van der Waals surface area contributed by atoms with Crippen LogP contribution in [-0.4, -0.2) is 41.3 Å². The fourth-order valence-corrected chi connectivity index (χ4v) is 5.91. The Morgan fingerprint density at radius 3 is 2.30 bits per heavy atom. The number of nitrogens with one attached hydrogen (secondary N) is 1. The molecular weight excluding hydrogens is 386 g/mol. The van der Waals surface area contributed by atoms with Gasteiger partial charge in [0.25, 0.3) is 5.91 Å². The molecule has 7 heteroatoms. The van der Waals surface area contributed by atoms with Crippen LogP contribution in [0.1, 0.15) is 62.7 Å². The number of hydrogen-bond donors (Lipinski definition) is 2. The monoisotopic (exact) mass is 415 g/mol. The molecule has 4 saturated carbocycles. The molecule has 0 radical (unpaired) electrons. The van der Waals surface area contributed by atoms with Gasteiger partial charge in [0, 0.05) is 5.69 Å². The topological polar surface area (TPSA) is 102 Å². The maximum Gasteiger partial charge on any atom is 0.338 e. The smallest absolute Gasteiger partial charge is 0.338 e. The van der Waals surface area contributed by atoms with Gasteiger partial charge in [-0.3, -0.25) is 9.59 Å². The maximum absolute atomic E-state index is 12.8. The lowest BCUT2D eigenvalue weighted by atomic mass is 9.48. The third-order valence-corrected chi connectivity index (χ3v) is 6.54. The van der Waals surface area contributed by atoms with E-state index in [1.807, 2.05) is 0 Å². The van der Waals surface area contributed by atoms with Gasteiger partial charge in [-0.1, -0.05) is 0 Å². The summed E-state index contributed by atoms with van der Waals surface area (Å²) < 4.78 is 10.5. The van der Waals surface area contributed by atoms with Gasteiger partial charge < -0.3 is 19.9 Å². The summed E-state index contributed by atoms with van der Waals surface area (Å²) in [5.74, 6) is -0.479. The average Bonchev–Trinajstić information content (AvgIpc) is 2.64. The molecule has 0 heterocycles. The highest BCUT2D eigenvalue weighted by Gasteiger charge is 2.60. The highest BCUT2D eigenvalue weighted by Crippen LogP contribution is 2.61. The Morgan fingerprint density at radius 1 is 1.10 bits per heavy atom. The van der Waals surface area contributed by atoms with Crippen LogP contribution in [0.3, 0.4) is 0 Å². The predicted octanol–water partition coefficient (Wildman–Crippen LogP) is 3.06.